The number of fused-ring (bicyclic) bond motifs is 1. The Kier molecular flexibility index (Phi) is 4.44. The van der Waals surface area contributed by atoms with Gasteiger partial charge in [0.2, 0.25) is 15.9 Å². The monoisotopic (exact) mass is 352 g/mol. The van der Waals surface area contributed by atoms with E-state index < -0.39 is 10.0 Å². The molecule has 2 heterocycles. The van der Waals surface area contributed by atoms with Gasteiger partial charge in [-0.2, -0.15) is 4.31 Å². The summed E-state index contributed by atoms with van der Waals surface area (Å²) in [6.07, 6.45) is 0.436. The summed E-state index contributed by atoms with van der Waals surface area (Å²) in [6, 6.07) is 5.13. The van der Waals surface area contributed by atoms with Crippen LogP contribution in [0.2, 0.25) is 0 Å². The van der Waals surface area contributed by atoms with Gasteiger partial charge >= 0.3 is 0 Å². The fourth-order valence-electron chi connectivity index (χ4n) is 3.72. The summed E-state index contributed by atoms with van der Waals surface area (Å²) in [5.74, 6) is -0.0207. The molecule has 0 bridgehead atoms. The van der Waals surface area contributed by atoms with E-state index in [1.165, 1.54) is 11.2 Å². The van der Waals surface area contributed by atoms with E-state index in [1.807, 2.05) is 20.8 Å². The predicted molar refractivity (Wildman–Crippen MR) is 91.5 cm³/mol. The minimum atomic E-state index is -3.55. The van der Waals surface area contributed by atoms with Gasteiger partial charge in [0.1, 0.15) is 0 Å². The molecule has 3 atom stereocenters. The molecule has 0 aliphatic carbocycles. The van der Waals surface area contributed by atoms with Crippen molar-refractivity contribution in [3.63, 3.8) is 0 Å². The minimum Gasteiger partial charge on any atom is -0.373 e. The lowest BCUT2D eigenvalue weighted by Crippen LogP contribution is -2.48. The van der Waals surface area contributed by atoms with Crippen molar-refractivity contribution in [1.82, 2.24) is 4.31 Å². The van der Waals surface area contributed by atoms with Crippen molar-refractivity contribution in [2.24, 2.45) is 0 Å². The van der Waals surface area contributed by atoms with Crippen molar-refractivity contribution in [2.75, 3.05) is 18.0 Å². The number of sulfonamides is 1. The Balaban J connectivity index is 1.94. The van der Waals surface area contributed by atoms with Crippen LogP contribution >= 0.6 is 0 Å². The van der Waals surface area contributed by atoms with Crippen LogP contribution in [0.1, 0.15) is 33.3 Å². The first-order valence-corrected chi connectivity index (χ1v) is 9.72. The number of hydrogen-bond acceptors (Lipinski definition) is 4. The standard InChI is InChI=1S/C17H24N2O4S/c1-11-7-15-8-16(5-6-17(15)19(11)14(4)20)24(21,22)18-9-12(2)23-13(3)10-18/h5-6,8,11-13H,7,9-10H2,1-4H3. The first-order valence-electron chi connectivity index (χ1n) is 8.28. The summed E-state index contributed by atoms with van der Waals surface area (Å²) in [5.41, 5.74) is 1.73. The molecule has 1 aromatic carbocycles. The number of benzene rings is 1. The van der Waals surface area contributed by atoms with Crippen molar-refractivity contribution >= 4 is 21.6 Å². The van der Waals surface area contributed by atoms with Gasteiger partial charge in [-0.15, -0.1) is 0 Å². The lowest BCUT2D eigenvalue weighted by atomic mass is 10.1. The van der Waals surface area contributed by atoms with Crippen LogP contribution in [0.5, 0.6) is 0 Å². The Morgan fingerprint density at radius 1 is 1.17 bits per heavy atom. The summed E-state index contributed by atoms with van der Waals surface area (Å²) >= 11 is 0. The van der Waals surface area contributed by atoms with Gasteiger partial charge in [-0.3, -0.25) is 4.79 Å². The van der Waals surface area contributed by atoms with E-state index in [-0.39, 0.29) is 24.2 Å². The maximum Gasteiger partial charge on any atom is 0.243 e. The molecule has 2 aliphatic heterocycles. The average Bonchev–Trinajstić information content (AvgIpc) is 2.81. The lowest BCUT2D eigenvalue weighted by Gasteiger charge is -2.34. The van der Waals surface area contributed by atoms with Crippen LogP contribution in [0.25, 0.3) is 0 Å². The number of morpholine rings is 1. The van der Waals surface area contributed by atoms with Crippen LogP contribution in [0, 0.1) is 0 Å². The van der Waals surface area contributed by atoms with Gasteiger partial charge in [0.15, 0.2) is 0 Å². The van der Waals surface area contributed by atoms with Gasteiger partial charge in [-0.25, -0.2) is 8.42 Å². The zero-order valence-electron chi connectivity index (χ0n) is 14.5. The van der Waals surface area contributed by atoms with Crippen molar-refractivity contribution in [1.29, 1.82) is 0 Å². The number of ether oxygens (including phenoxy) is 1. The first-order chi connectivity index (χ1) is 11.2. The Labute approximate surface area is 143 Å². The maximum absolute atomic E-state index is 13.0. The molecule has 132 valence electrons. The molecule has 1 fully saturated rings. The van der Waals surface area contributed by atoms with Crippen molar-refractivity contribution in [3.8, 4) is 0 Å². The van der Waals surface area contributed by atoms with Crippen LogP contribution in [0.15, 0.2) is 23.1 Å². The molecule has 0 saturated carbocycles. The molecule has 0 spiro atoms. The Bertz CT molecular complexity index is 752. The second-order valence-corrected chi connectivity index (χ2v) is 8.75. The van der Waals surface area contributed by atoms with Crippen molar-refractivity contribution in [2.45, 2.75) is 57.3 Å². The molecule has 1 aromatic rings. The molecule has 0 aromatic heterocycles. The van der Waals surface area contributed by atoms with Gasteiger partial charge < -0.3 is 9.64 Å². The number of rotatable bonds is 2. The van der Waals surface area contributed by atoms with Gasteiger partial charge in [0.05, 0.1) is 17.1 Å². The molecule has 0 N–H and O–H groups in total. The quantitative estimate of drug-likeness (QED) is 0.814. The molecule has 7 heteroatoms. The number of anilines is 1. The minimum absolute atomic E-state index is 0.0207. The van der Waals surface area contributed by atoms with Crippen LogP contribution in [-0.2, 0) is 26.0 Å². The highest BCUT2D eigenvalue weighted by Gasteiger charge is 2.34. The average molecular weight is 352 g/mol. The molecule has 3 unspecified atom stereocenters. The zero-order valence-corrected chi connectivity index (χ0v) is 15.3. The van der Waals surface area contributed by atoms with Gasteiger partial charge in [-0.1, -0.05) is 0 Å². The third kappa shape index (κ3) is 2.96. The summed E-state index contributed by atoms with van der Waals surface area (Å²) in [6.45, 7) is 7.99. The molecule has 1 amide bonds. The molecule has 1 saturated heterocycles. The number of carbonyl (C=O) groups excluding carboxylic acids is 1. The number of amides is 1. The van der Waals surface area contributed by atoms with Crippen LogP contribution in [0.3, 0.4) is 0 Å². The van der Waals surface area contributed by atoms with Crippen molar-refractivity contribution in [3.05, 3.63) is 23.8 Å². The van der Waals surface area contributed by atoms with E-state index in [0.29, 0.717) is 24.4 Å². The first kappa shape index (κ1) is 17.4. The number of carbonyl (C=O) groups is 1. The zero-order chi connectivity index (χ0) is 17.6. The summed E-state index contributed by atoms with van der Waals surface area (Å²) in [4.78, 5) is 13.8. The molecular weight excluding hydrogens is 328 g/mol. The molecule has 2 aliphatic rings. The maximum atomic E-state index is 13.0. The van der Waals surface area contributed by atoms with E-state index >= 15 is 0 Å². The van der Waals surface area contributed by atoms with Crippen LogP contribution in [0.4, 0.5) is 5.69 Å². The lowest BCUT2D eigenvalue weighted by molar-refractivity contribution is -0.116. The van der Waals surface area contributed by atoms with Gasteiger partial charge in [0, 0.05) is 31.7 Å². The smallest absolute Gasteiger partial charge is 0.243 e. The third-order valence-corrected chi connectivity index (χ3v) is 6.46. The second-order valence-electron chi connectivity index (χ2n) is 6.81. The third-order valence-electron chi connectivity index (χ3n) is 4.63. The Morgan fingerprint density at radius 2 is 1.79 bits per heavy atom. The van der Waals surface area contributed by atoms with Crippen LogP contribution in [-0.4, -0.2) is 50.0 Å². The Morgan fingerprint density at radius 3 is 2.38 bits per heavy atom. The molecular formula is C17H24N2O4S. The summed E-state index contributed by atoms with van der Waals surface area (Å²) in [5, 5.41) is 0. The van der Waals surface area contributed by atoms with E-state index in [9.17, 15) is 13.2 Å². The van der Waals surface area contributed by atoms with Gasteiger partial charge in [0.25, 0.3) is 0 Å². The second kappa shape index (κ2) is 6.13. The summed E-state index contributed by atoms with van der Waals surface area (Å²) < 4.78 is 33.1. The SMILES string of the molecule is CC(=O)N1c2ccc(S(=O)(=O)N3CC(C)OC(C)C3)cc2CC1C. The predicted octanol–water partition coefficient (Wildman–Crippen LogP) is 1.78. The molecule has 3 rings (SSSR count). The largest absolute Gasteiger partial charge is 0.373 e. The van der Waals surface area contributed by atoms with E-state index in [2.05, 4.69) is 0 Å². The summed E-state index contributed by atoms with van der Waals surface area (Å²) in [7, 11) is -3.55. The van der Waals surface area contributed by atoms with E-state index in [1.54, 1.807) is 23.1 Å². The Hall–Kier alpha value is -1.44. The molecule has 0 radical (unpaired) electrons. The normalized spacial score (nSPS) is 28.0. The molecule has 24 heavy (non-hydrogen) atoms. The fraction of sp³-hybridized carbons (Fsp3) is 0.588. The number of nitrogens with zero attached hydrogens (tertiary/aromatic N) is 2. The van der Waals surface area contributed by atoms with Crippen LogP contribution < -0.4 is 4.90 Å². The number of hydrogen-bond donors (Lipinski definition) is 0. The van der Waals surface area contributed by atoms with E-state index in [0.717, 1.165) is 11.3 Å². The highest BCUT2D eigenvalue weighted by atomic mass is 32.2. The highest BCUT2D eigenvalue weighted by molar-refractivity contribution is 7.89. The molecule has 6 nitrogen and oxygen atoms in total. The van der Waals surface area contributed by atoms with E-state index in [4.69, 9.17) is 4.74 Å². The topological polar surface area (TPSA) is 66.9 Å². The van der Waals surface area contributed by atoms with Gasteiger partial charge in [-0.05, 0) is 51.0 Å². The van der Waals surface area contributed by atoms with Crippen molar-refractivity contribution < 1.29 is 17.9 Å². The fourth-order valence-corrected chi connectivity index (χ4v) is 5.37. The highest BCUT2D eigenvalue weighted by Crippen LogP contribution is 2.34.